The van der Waals surface area contributed by atoms with Gasteiger partial charge in [0.25, 0.3) is 0 Å². The minimum Gasteiger partial charge on any atom is -0.390 e. The van der Waals surface area contributed by atoms with Crippen LogP contribution in [0.3, 0.4) is 0 Å². The Balaban J connectivity index is 2.22. The van der Waals surface area contributed by atoms with E-state index in [-0.39, 0.29) is 0 Å². The zero-order chi connectivity index (χ0) is 22.4. The smallest absolute Gasteiger partial charge is 0.0804 e. The van der Waals surface area contributed by atoms with E-state index in [9.17, 15) is 10.2 Å². The molecule has 0 spiro atoms. The topological polar surface area (TPSA) is 40.5 Å². The summed E-state index contributed by atoms with van der Waals surface area (Å²) in [7, 11) is 0. The van der Waals surface area contributed by atoms with Crippen molar-refractivity contribution in [2.45, 2.75) is 97.7 Å². The normalized spacial score (nSPS) is 23.3. The van der Waals surface area contributed by atoms with Gasteiger partial charge in [-0.1, -0.05) is 71.4 Å². The van der Waals surface area contributed by atoms with Gasteiger partial charge in [0.1, 0.15) is 0 Å². The van der Waals surface area contributed by atoms with Crippen LogP contribution in [0.15, 0.2) is 71.4 Å². The Bertz CT molecular complexity index is 656. The number of aliphatic hydroxyl groups excluding tert-OH is 2. The van der Waals surface area contributed by atoms with Gasteiger partial charge < -0.3 is 10.2 Å². The van der Waals surface area contributed by atoms with Gasteiger partial charge in [0.05, 0.1) is 12.2 Å². The molecule has 3 unspecified atom stereocenters. The van der Waals surface area contributed by atoms with E-state index < -0.39 is 12.2 Å². The maximum atomic E-state index is 9.74. The number of hydrogen-bond donors (Lipinski definition) is 2. The number of allylic oxidation sites excluding steroid dienone is 11. The van der Waals surface area contributed by atoms with Crippen molar-refractivity contribution >= 4 is 0 Å². The van der Waals surface area contributed by atoms with Gasteiger partial charge in [-0.3, -0.25) is 0 Å². The highest BCUT2D eigenvalue weighted by molar-refractivity contribution is 5.20. The van der Waals surface area contributed by atoms with Gasteiger partial charge in [-0.25, -0.2) is 0 Å². The molecule has 1 rings (SSSR count). The highest BCUT2D eigenvalue weighted by Crippen LogP contribution is 2.25. The third-order valence-corrected chi connectivity index (χ3v) is 5.73. The number of rotatable bonds is 12. The summed E-state index contributed by atoms with van der Waals surface area (Å²) in [5.74, 6) is 0.358. The Hall–Kier alpha value is -1.64. The van der Waals surface area contributed by atoms with Crippen LogP contribution in [0.1, 0.15) is 85.5 Å². The van der Waals surface area contributed by atoms with Gasteiger partial charge in [-0.2, -0.15) is 0 Å². The fraction of sp³-hybridized carbons (Fsp3) is 0.571. The Morgan fingerprint density at radius 3 is 2.00 bits per heavy atom. The van der Waals surface area contributed by atoms with Crippen molar-refractivity contribution < 1.29 is 10.2 Å². The Labute approximate surface area is 185 Å². The number of hydrogen-bond acceptors (Lipinski definition) is 2. The first-order chi connectivity index (χ1) is 14.3. The summed E-state index contributed by atoms with van der Waals surface area (Å²) < 4.78 is 0. The average Bonchev–Trinajstić information content (AvgIpc) is 2.67. The predicted octanol–water partition coefficient (Wildman–Crippen LogP) is 7.38. The summed E-state index contributed by atoms with van der Waals surface area (Å²) in [5, 5.41) is 19.3. The zero-order valence-electron chi connectivity index (χ0n) is 19.7. The highest BCUT2D eigenvalue weighted by Gasteiger charge is 2.25. The zero-order valence-corrected chi connectivity index (χ0v) is 19.7. The van der Waals surface area contributed by atoms with Gasteiger partial charge in [-0.15, -0.1) is 0 Å². The van der Waals surface area contributed by atoms with E-state index in [1.807, 2.05) is 12.2 Å². The molecule has 3 atom stereocenters. The summed E-state index contributed by atoms with van der Waals surface area (Å²) in [6, 6.07) is 0. The van der Waals surface area contributed by atoms with Crippen molar-refractivity contribution in [1.82, 2.24) is 0 Å². The van der Waals surface area contributed by atoms with Crippen LogP contribution in [0, 0.1) is 5.92 Å². The minimum atomic E-state index is -0.579. The third-order valence-electron chi connectivity index (χ3n) is 5.73. The Kier molecular flexibility index (Phi) is 13.4. The minimum absolute atomic E-state index is 0.358. The van der Waals surface area contributed by atoms with Gasteiger partial charge in [0.2, 0.25) is 0 Å². The Morgan fingerprint density at radius 2 is 1.40 bits per heavy atom. The maximum Gasteiger partial charge on any atom is 0.0804 e. The molecule has 30 heavy (non-hydrogen) atoms. The molecule has 0 aromatic rings. The molecular formula is C28H44O2. The fourth-order valence-corrected chi connectivity index (χ4v) is 3.68. The van der Waals surface area contributed by atoms with Crippen LogP contribution in [0.25, 0.3) is 0 Å². The molecule has 0 bridgehead atoms. The van der Waals surface area contributed by atoms with E-state index in [1.54, 1.807) is 0 Å². The molecule has 1 saturated carbocycles. The van der Waals surface area contributed by atoms with E-state index in [4.69, 9.17) is 0 Å². The molecular weight excluding hydrogens is 368 g/mol. The number of aliphatic hydroxyl groups is 2. The predicted molar refractivity (Wildman–Crippen MR) is 131 cm³/mol. The van der Waals surface area contributed by atoms with E-state index in [0.717, 1.165) is 50.5 Å². The van der Waals surface area contributed by atoms with Crippen LogP contribution < -0.4 is 0 Å². The van der Waals surface area contributed by atoms with Crippen LogP contribution in [0.5, 0.6) is 0 Å². The molecule has 1 fully saturated rings. The van der Waals surface area contributed by atoms with Crippen molar-refractivity contribution in [1.29, 1.82) is 0 Å². The van der Waals surface area contributed by atoms with Crippen molar-refractivity contribution in [2.24, 2.45) is 5.92 Å². The molecule has 2 heteroatoms. The van der Waals surface area contributed by atoms with Crippen molar-refractivity contribution in [2.75, 3.05) is 0 Å². The van der Waals surface area contributed by atoms with Crippen molar-refractivity contribution in [3.8, 4) is 0 Å². The van der Waals surface area contributed by atoms with Crippen LogP contribution in [0.2, 0.25) is 0 Å². The molecule has 1 aliphatic carbocycles. The second kappa shape index (κ2) is 15.2. The van der Waals surface area contributed by atoms with Gasteiger partial charge >= 0.3 is 0 Å². The van der Waals surface area contributed by atoms with Gasteiger partial charge in [0.15, 0.2) is 0 Å². The van der Waals surface area contributed by atoms with Crippen LogP contribution in [-0.4, -0.2) is 22.4 Å². The average molecular weight is 413 g/mol. The molecule has 2 N–H and O–H groups in total. The second-order valence-electron chi connectivity index (χ2n) is 9.11. The molecule has 2 nitrogen and oxygen atoms in total. The molecule has 0 aromatic heterocycles. The SMILES string of the molecule is C=C(/C=C/C=C/C1CCC(O)C(O)C1)CC/C=C(\C)CC/C=C(\C)CCC=C(C)C. The summed E-state index contributed by atoms with van der Waals surface area (Å²) in [5.41, 5.74) is 5.49. The van der Waals surface area contributed by atoms with E-state index in [0.29, 0.717) is 18.8 Å². The first-order valence-corrected chi connectivity index (χ1v) is 11.6. The lowest BCUT2D eigenvalue weighted by atomic mass is 9.85. The first kappa shape index (κ1) is 26.4. The largest absolute Gasteiger partial charge is 0.390 e. The van der Waals surface area contributed by atoms with Crippen molar-refractivity contribution in [3.05, 3.63) is 71.4 Å². The second-order valence-corrected chi connectivity index (χ2v) is 9.11. The lowest BCUT2D eigenvalue weighted by molar-refractivity contribution is -0.0189. The van der Waals surface area contributed by atoms with Crippen molar-refractivity contribution in [3.63, 3.8) is 0 Å². The summed E-state index contributed by atoms with van der Waals surface area (Å²) in [6.45, 7) is 12.9. The van der Waals surface area contributed by atoms with Gasteiger partial charge in [-0.05, 0) is 91.4 Å². The summed E-state index contributed by atoms with van der Waals surface area (Å²) in [4.78, 5) is 0. The maximum absolute atomic E-state index is 9.74. The van der Waals surface area contributed by atoms with Gasteiger partial charge in [0, 0.05) is 0 Å². The molecule has 0 aliphatic heterocycles. The lowest BCUT2D eigenvalue weighted by Gasteiger charge is -2.28. The van der Waals surface area contributed by atoms with E-state index in [2.05, 4.69) is 64.7 Å². The molecule has 0 heterocycles. The lowest BCUT2D eigenvalue weighted by Crippen LogP contribution is -2.32. The van der Waals surface area contributed by atoms with Crippen LogP contribution in [0.4, 0.5) is 0 Å². The van der Waals surface area contributed by atoms with Crippen LogP contribution >= 0.6 is 0 Å². The summed E-state index contributed by atoms with van der Waals surface area (Å²) >= 11 is 0. The molecule has 1 aliphatic rings. The molecule has 168 valence electrons. The molecule has 0 saturated heterocycles. The Morgan fingerprint density at radius 1 is 0.800 bits per heavy atom. The third kappa shape index (κ3) is 12.8. The first-order valence-electron chi connectivity index (χ1n) is 11.6. The molecule has 0 aromatic carbocycles. The standard InChI is InChI=1S/C28H44O2/c1-22(2)11-8-13-24(4)15-10-17-25(5)16-9-14-23(3)12-6-7-18-26-19-20-27(29)28(30)21-26/h6-7,11-12,15-16,18,26-30H,3,8-10,13-14,17,19-21H2,1-2,4-5H3/b12-6+,18-7+,24-15+,25-16+. The highest BCUT2D eigenvalue weighted by atomic mass is 16.3. The van der Waals surface area contributed by atoms with E-state index >= 15 is 0 Å². The fourth-order valence-electron chi connectivity index (χ4n) is 3.68. The van der Waals surface area contributed by atoms with E-state index in [1.165, 1.54) is 16.7 Å². The molecule has 0 radical (unpaired) electrons. The summed E-state index contributed by atoms with van der Waals surface area (Å²) in [6.07, 6.45) is 23.1. The molecule has 0 amide bonds. The monoisotopic (exact) mass is 412 g/mol. The van der Waals surface area contributed by atoms with Crippen LogP contribution in [-0.2, 0) is 0 Å². The quantitative estimate of drug-likeness (QED) is 0.259.